The summed E-state index contributed by atoms with van der Waals surface area (Å²) < 4.78 is 0. The van der Waals surface area contributed by atoms with E-state index in [1.54, 1.807) is 0 Å². The highest BCUT2D eigenvalue weighted by atomic mass is 79.9. The maximum atomic E-state index is 11.3. The lowest BCUT2D eigenvalue weighted by Gasteiger charge is -2.23. The first-order valence-electron chi connectivity index (χ1n) is 4.90. The summed E-state index contributed by atoms with van der Waals surface area (Å²) >= 11 is 3.40. The highest BCUT2D eigenvalue weighted by Gasteiger charge is 2.25. The zero-order valence-corrected chi connectivity index (χ0v) is 9.27. The number of halogens is 1. The lowest BCUT2D eigenvalue weighted by atomic mass is 9.85. The Kier molecular flexibility index (Phi) is 4.27. The van der Waals surface area contributed by atoms with Gasteiger partial charge < -0.3 is 0 Å². The van der Waals surface area contributed by atoms with E-state index >= 15 is 0 Å². The van der Waals surface area contributed by atoms with Crippen molar-refractivity contribution in [2.24, 2.45) is 5.92 Å². The highest BCUT2D eigenvalue weighted by Crippen LogP contribution is 2.29. The molecule has 0 heterocycles. The third-order valence-electron chi connectivity index (χ3n) is 2.63. The van der Waals surface area contributed by atoms with Crippen molar-refractivity contribution in [1.82, 2.24) is 0 Å². The predicted octanol–water partition coefficient (Wildman–Crippen LogP) is 3.31. The van der Waals surface area contributed by atoms with E-state index in [9.17, 15) is 4.79 Å². The molecular formula is C10H17BrO. The number of Topliss-reactive ketones (excluding diaryl/α,β-unsaturated/α-hetero) is 1. The largest absolute Gasteiger partial charge is 0.298 e. The quantitative estimate of drug-likeness (QED) is 0.683. The zero-order chi connectivity index (χ0) is 8.97. The van der Waals surface area contributed by atoms with Crippen LogP contribution in [-0.2, 0) is 4.79 Å². The number of carbonyl (C=O) groups is 1. The van der Waals surface area contributed by atoms with Crippen molar-refractivity contribution in [3.8, 4) is 0 Å². The number of unbranched alkanes of at least 4 members (excludes halogenated alkanes) is 1. The Labute approximate surface area is 83.0 Å². The molecule has 2 atom stereocenters. The smallest absolute Gasteiger partial charge is 0.146 e. The van der Waals surface area contributed by atoms with Gasteiger partial charge in [-0.25, -0.2) is 0 Å². The van der Waals surface area contributed by atoms with Crippen molar-refractivity contribution in [2.75, 3.05) is 0 Å². The lowest BCUT2D eigenvalue weighted by Crippen LogP contribution is -2.24. The molecule has 1 rings (SSSR count). The van der Waals surface area contributed by atoms with Gasteiger partial charge in [0, 0.05) is 6.42 Å². The first kappa shape index (κ1) is 10.2. The average Bonchev–Trinajstić information content (AvgIpc) is 2.07. The molecule has 2 unspecified atom stereocenters. The molecule has 1 saturated carbocycles. The van der Waals surface area contributed by atoms with Crippen molar-refractivity contribution in [2.45, 2.75) is 50.3 Å². The topological polar surface area (TPSA) is 17.1 Å². The van der Waals surface area contributed by atoms with Crippen LogP contribution in [0.25, 0.3) is 0 Å². The fourth-order valence-electron chi connectivity index (χ4n) is 1.80. The van der Waals surface area contributed by atoms with Crippen molar-refractivity contribution >= 4 is 21.7 Å². The molecule has 0 aromatic rings. The molecule has 0 aromatic carbocycles. The summed E-state index contributed by atoms with van der Waals surface area (Å²) in [6.45, 7) is 2.21. The molecule has 0 bridgehead atoms. The summed E-state index contributed by atoms with van der Waals surface area (Å²) in [5.74, 6) is 1.11. The molecule has 12 heavy (non-hydrogen) atoms. The Bertz CT molecular complexity index is 154. The summed E-state index contributed by atoms with van der Waals surface area (Å²) in [4.78, 5) is 11.5. The van der Waals surface area contributed by atoms with E-state index in [0.717, 1.165) is 12.8 Å². The van der Waals surface area contributed by atoms with Gasteiger partial charge in [0.15, 0.2) is 0 Å². The van der Waals surface area contributed by atoms with Gasteiger partial charge in [-0.1, -0.05) is 42.1 Å². The van der Waals surface area contributed by atoms with Crippen LogP contribution in [0.15, 0.2) is 0 Å². The predicted molar refractivity (Wildman–Crippen MR) is 54.6 cm³/mol. The second-order valence-electron chi connectivity index (χ2n) is 3.72. The van der Waals surface area contributed by atoms with E-state index in [0.29, 0.717) is 11.7 Å². The maximum absolute atomic E-state index is 11.3. The third-order valence-corrected chi connectivity index (χ3v) is 3.60. The number of alkyl halides is 1. The zero-order valence-electron chi connectivity index (χ0n) is 7.68. The van der Waals surface area contributed by atoms with Crippen molar-refractivity contribution in [3.05, 3.63) is 0 Å². The molecule has 1 aliphatic rings. The molecule has 0 aromatic heterocycles. The molecule has 0 radical (unpaired) electrons. The van der Waals surface area contributed by atoms with E-state index in [4.69, 9.17) is 0 Å². The fraction of sp³-hybridized carbons (Fsp3) is 0.900. The van der Waals surface area contributed by atoms with Gasteiger partial charge in [-0.15, -0.1) is 0 Å². The molecule has 0 N–H and O–H groups in total. The Balaban J connectivity index is 2.25. The Hall–Kier alpha value is 0.150. The summed E-state index contributed by atoms with van der Waals surface area (Å²) in [6.07, 6.45) is 6.89. The molecule has 1 fully saturated rings. The van der Waals surface area contributed by atoms with Gasteiger partial charge in [0.25, 0.3) is 0 Å². The maximum Gasteiger partial charge on any atom is 0.146 e. The van der Waals surface area contributed by atoms with Crippen LogP contribution in [0.3, 0.4) is 0 Å². The van der Waals surface area contributed by atoms with Crippen LogP contribution in [0.4, 0.5) is 0 Å². The van der Waals surface area contributed by atoms with E-state index in [1.807, 2.05) is 0 Å². The SMILES string of the molecule is CCCCC1CCC(Br)C(=O)C1. The number of ketones is 1. The average molecular weight is 233 g/mol. The van der Waals surface area contributed by atoms with Gasteiger partial charge in [0.2, 0.25) is 0 Å². The highest BCUT2D eigenvalue weighted by molar-refractivity contribution is 9.10. The van der Waals surface area contributed by atoms with Gasteiger partial charge in [-0.3, -0.25) is 4.79 Å². The normalized spacial score (nSPS) is 30.7. The molecule has 70 valence electrons. The van der Waals surface area contributed by atoms with Crippen molar-refractivity contribution in [3.63, 3.8) is 0 Å². The minimum absolute atomic E-state index is 0.162. The van der Waals surface area contributed by atoms with E-state index in [1.165, 1.54) is 25.7 Å². The molecule has 0 aliphatic heterocycles. The van der Waals surface area contributed by atoms with Crippen LogP contribution in [-0.4, -0.2) is 10.6 Å². The van der Waals surface area contributed by atoms with Gasteiger partial charge in [0.05, 0.1) is 4.83 Å². The first-order valence-corrected chi connectivity index (χ1v) is 5.82. The second-order valence-corrected chi connectivity index (χ2v) is 4.83. The fourth-order valence-corrected chi connectivity index (χ4v) is 2.25. The number of carbonyl (C=O) groups excluding carboxylic acids is 1. The van der Waals surface area contributed by atoms with Crippen LogP contribution < -0.4 is 0 Å². The van der Waals surface area contributed by atoms with Crippen molar-refractivity contribution in [1.29, 1.82) is 0 Å². The van der Waals surface area contributed by atoms with Gasteiger partial charge in [0.1, 0.15) is 5.78 Å². The first-order chi connectivity index (χ1) is 5.74. The van der Waals surface area contributed by atoms with Crippen LogP contribution in [0.1, 0.15) is 45.4 Å². The molecule has 2 heteroatoms. The Morgan fingerprint density at radius 1 is 1.50 bits per heavy atom. The lowest BCUT2D eigenvalue weighted by molar-refractivity contribution is -0.120. The molecule has 1 nitrogen and oxygen atoms in total. The minimum Gasteiger partial charge on any atom is -0.298 e. The van der Waals surface area contributed by atoms with Crippen LogP contribution in [0.2, 0.25) is 0 Å². The monoisotopic (exact) mass is 232 g/mol. The van der Waals surface area contributed by atoms with Crippen LogP contribution in [0, 0.1) is 5.92 Å². The Morgan fingerprint density at radius 3 is 2.83 bits per heavy atom. The minimum atomic E-state index is 0.162. The van der Waals surface area contributed by atoms with Crippen LogP contribution >= 0.6 is 15.9 Å². The summed E-state index contributed by atoms with van der Waals surface area (Å²) in [6, 6.07) is 0. The molecule has 1 aliphatic carbocycles. The van der Waals surface area contributed by atoms with Crippen molar-refractivity contribution < 1.29 is 4.79 Å². The van der Waals surface area contributed by atoms with E-state index in [2.05, 4.69) is 22.9 Å². The van der Waals surface area contributed by atoms with Gasteiger partial charge in [-0.2, -0.15) is 0 Å². The summed E-state index contributed by atoms with van der Waals surface area (Å²) in [7, 11) is 0. The second kappa shape index (κ2) is 5.00. The van der Waals surface area contributed by atoms with E-state index < -0.39 is 0 Å². The molecular weight excluding hydrogens is 216 g/mol. The van der Waals surface area contributed by atoms with E-state index in [-0.39, 0.29) is 4.83 Å². The Morgan fingerprint density at radius 2 is 2.25 bits per heavy atom. The van der Waals surface area contributed by atoms with Gasteiger partial charge in [-0.05, 0) is 18.8 Å². The third kappa shape index (κ3) is 2.89. The number of hydrogen-bond acceptors (Lipinski definition) is 1. The standard InChI is InChI=1S/C10H17BrO/c1-2-3-4-8-5-6-9(11)10(12)7-8/h8-9H,2-7H2,1H3. The number of rotatable bonds is 3. The summed E-state index contributed by atoms with van der Waals surface area (Å²) in [5, 5.41) is 0. The molecule has 0 spiro atoms. The number of hydrogen-bond donors (Lipinski definition) is 0. The van der Waals surface area contributed by atoms with Crippen LogP contribution in [0.5, 0.6) is 0 Å². The van der Waals surface area contributed by atoms with Gasteiger partial charge >= 0.3 is 0 Å². The molecule has 0 amide bonds. The molecule has 0 saturated heterocycles. The summed E-state index contributed by atoms with van der Waals surface area (Å²) in [5.41, 5.74) is 0.